The maximum Gasteiger partial charge on any atom is 0.255 e. The van der Waals surface area contributed by atoms with Crippen molar-refractivity contribution in [1.82, 2.24) is 19.3 Å². The van der Waals surface area contributed by atoms with E-state index in [1.807, 2.05) is 24.6 Å². The summed E-state index contributed by atoms with van der Waals surface area (Å²) in [6.45, 7) is 6.96. The van der Waals surface area contributed by atoms with Gasteiger partial charge in [0.2, 0.25) is 0 Å². The van der Waals surface area contributed by atoms with Gasteiger partial charge in [0, 0.05) is 12.6 Å². The highest BCUT2D eigenvalue weighted by Gasteiger charge is 2.09. The Hall–Kier alpha value is -1.62. The minimum absolute atomic E-state index is 0.144. The largest absolute Gasteiger partial charge is 0.291 e. The highest BCUT2D eigenvalue weighted by molar-refractivity contribution is 6.29. The second-order valence-electron chi connectivity index (χ2n) is 4.14. The Morgan fingerprint density at radius 1 is 1.33 bits per heavy atom. The molecule has 0 aliphatic heterocycles. The molecule has 18 heavy (non-hydrogen) atoms. The van der Waals surface area contributed by atoms with Crippen LogP contribution in [0.5, 0.6) is 0 Å². The van der Waals surface area contributed by atoms with Crippen LogP contribution in [-0.4, -0.2) is 19.3 Å². The Kier molecular flexibility index (Phi) is 3.52. The van der Waals surface area contributed by atoms with Crippen LogP contribution >= 0.6 is 11.6 Å². The molecule has 6 heteroatoms. The molecule has 0 radical (unpaired) electrons. The fraction of sp³-hybridized carbons (Fsp3) is 0.417. The predicted octanol–water partition coefficient (Wildman–Crippen LogP) is 1.78. The number of hydrogen-bond donors (Lipinski definition) is 0. The highest BCUT2D eigenvalue weighted by Crippen LogP contribution is 2.08. The maximum atomic E-state index is 11.9. The molecule has 0 N–H and O–H groups in total. The molecule has 2 aromatic heterocycles. The lowest BCUT2D eigenvalue weighted by Crippen LogP contribution is -2.24. The molecule has 2 aromatic rings. The van der Waals surface area contributed by atoms with Crippen molar-refractivity contribution in [2.45, 2.75) is 33.9 Å². The van der Waals surface area contributed by atoms with Crippen molar-refractivity contribution in [2.24, 2.45) is 0 Å². The summed E-state index contributed by atoms with van der Waals surface area (Å²) in [6.07, 6.45) is 0. The number of nitrogens with zero attached hydrogens (tertiary/aromatic N) is 4. The number of aryl methyl sites for hydroxylation is 3. The first-order valence-electron chi connectivity index (χ1n) is 5.78. The van der Waals surface area contributed by atoms with Crippen molar-refractivity contribution in [1.29, 1.82) is 0 Å². The van der Waals surface area contributed by atoms with Gasteiger partial charge in [0.05, 0.1) is 17.9 Å². The van der Waals surface area contributed by atoms with E-state index in [0.717, 1.165) is 17.9 Å². The SMILES string of the molecule is CCn1nc(C)cc1Cn1c(C)nc(Cl)cc1=O. The van der Waals surface area contributed by atoms with E-state index in [0.29, 0.717) is 12.4 Å². The monoisotopic (exact) mass is 266 g/mol. The van der Waals surface area contributed by atoms with Crippen LogP contribution in [0.3, 0.4) is 0 Å². The molecular weight excluding hydrogens is 252 g/mol. The van der Waals surface area contributed by atoms with Gasteiger partial charge in [-0.2, -0.15) is 5.10 Å². The van der Waals surface area contributed by atoms with E-state index in [-0.39, 0.29) is 10.7 Å². The molecule has 0 bridgehead atoms. The highest BCUT2D eigenvalue weighted by atomic mass is 35.5. The molecule has 0 unspecified atom stereocenters. The predicted molar refractivity (Wildman–Crippen MR) is 70.0 cm³/mol. The number of aromatic nitrogens is 4. The van der Waals surface area contributed by atoms with Gasteiger partial charge >= 0.3 is 0 Å². The average Bonchev–Trinajstić information content (AvgIpc) is 2.64. The van der Waals surface area contributed by atoms with E-state index in [1.165, 1.54) is 6.07 Å². The lowest BCUT2D eigenvalue weighted by Gasteiger charge is -2.10. The van der Waals surface area contributed by atoms with Gasteiger partial charge in [0.1, 0.15) is 11.0 Å². The van der Waals surface area contributed by atoms with Crippen molar-refractivity contribution in [2.75, 3.05) is 0 Å². The van der Waals surface area contributed by atoms with Gasteiger partial charge in [-0.3, -0.25) is 14.0 Å². The minimum Gasteiger partial charge on any atom is -0.291 e. The number of rotatable bonds is 3. The third-order valence-electron chi connectivity index (χ3n) is 2.77. The molecule has 0 saturated carbocycles. The smallest absolute Gasteiger partial charge is 0.255 e. The van der Waals surface area contributed by atoms with E-state index in [4.69, 9.17) is 11.6 Å². The second kappa shape index (κ2) is 4.94. The molecule has 2 heterocycles. The van der Waals surface area contributed by atoms with Crippen LogP contribution in [0.2, 0.25) is 5.15 Å². The van der Waals surface area contributed by atoms with Crippen LogP contribution in [-0.2, 0) is 13.1 Å². The van der Waals surface area contributed by atoms with E-state index < -0.39 is 0 Å². The quantitative estimate of drug-likeness (QED) is 0.796. The van der Waals surface area contributed by atoms with Gasteiger partial charge in [0.25, 0.3) is 5.56 Å². The molecular formula is C12H15ClN4O. The Labute approximate surface area is 110 Å². The fourth-order valence-electron chi connectivity index (χ4n) is 1.94. The van der Waals surface area contributed by atoms with E-state index >= 15 is 0 Å². The van der Waals surface area contributed by atoms with Crippen molar-refractivity contribution in [3.63, 3.8) is 0 Å². The lowest BCUT2D eigenvalue weighted by atomic mass is 10.3. The first-order chi connectivity index (χ1) is 8.51. The maximum absolute atomic E-state index is 11.9. The van der Waals surface area contributed by atoms with Gasteiger partial charge in [-0.05, 0) is 26.8 Å². The van der Waals surface area contributed by atoms with Gasteiger partial charge in [-0.25, -0.2) is 4.98 Å². The Morgan fingerprint density at radius 2 is 2.06 bits per heavy atom. The normalized spacial score (nSPS) is 10.9. The standard InChI is InChI=1S/C12H15ClN4O/c1-4-17-10(5-8(2)15-17)7-16-9(3)14-11(13)6-12(16)18/h5-6H,4,7H2,1-3H3. The number of halogens is 1. The van der Waals surface area contributed by atoms with E-state index in [2.05, 4.69) is 10.1 Å². The first kappa shape index (κ1) is 12.8. The van der Waals surface area contributed by atoms with Crippen molar-refractivity contribution in [3.8, 4) is 0 Å². The molecule has 0 amide bonds. The van der Waals surface area contributed by atoms with Crippen molar-refractivity contribution < 1.29 is 0 Å². The molecule has 0 saturated heterocycles. The summed E-state index contributed by atoms with van der Waals surface area (Å²) < 4.78 is 3.48. The zero-order valence-corrected chi connectivity index (χ0v) is 11.4. The molecule has 2 rings (SSSR count). The number of hydrogen-bond acceptors (Lipinski definition) is 3. The van der Waals surface area contributed by atoms with Gasteiger partial charge in [-0.15, -0.1) is 0 Å². The molecule has 0 aliphatic carbocycles. The summed E-state index contributed by atoms with van der Waals surface area (Å²) in [5, 5.41) is 4.59. The van der Waals surface area contributed by atoms with Gasteiger partial charge < -0.3 is 0 Å². The van der Waals surface area contributed by atoms with Crippen LogP contribution in [0.4, 0.5) is 0 Å². The summed E-state index contributed by atoms with van der Waals surface area (Å²) in [6, 6.07) is 3.30. The Bertz CT molecular complexity index is 629. The first-order valence-corrected chi connectivity index (χ1v) is 6.16. The lowest BCUT2D eigenvalue weighted by molar-refractivity contribution is 0.581. The Morgan fingerprint density at radius 3 is 2.67 bits per heavy atom. The van der Waals surface area contributed by atoms with E-state index in [9.17, 15) is 4.79 Å². The van der Waals surface area contributed by atoms with Gasteiger partial charge in [-0.1, -0.05) is 11.6 Å². The molecule has 0 spiro atoms. The molecule has 0 aromatic carbocycles. The summed E-state index contributed by atoms with van der Waals surface area (Å²) in [5.41, 5.74) is 1.79. The molecule has 0 aliphatic rings. The van der Waals surface area contributed by atoms with Crippen molar-refractivity contribution >= 4 is 11.6 Å². The third-order valence-corrected chi connectivity index (χ3v) is 2.97. The van der Waals surface area contributed by atoms with Crippen LogP contribution < -0.4 is 5.56 Å². The summed E-state index contributed by atoms with van der Waals surface area (Å²) in [7, 11) is 0. The van der Waals surface area contributed by atoms with Crippen LogP contribution in [0.15, 0.2) is 16.9 Å². The molecule has 96 valence electrons. The summed E-state index contributed by atoms with van der Waals surface area (Å²) in [5.74, 6) is 0.606. The van der Waals surface area contributed by atoms with E-state index in [1.54, 1.807) is 11.5 Å². The molecule has 0 fully saturated rings. The molecule has 0 atom stereocenters. The fourth-order valence-corrected chi connectivity index (χ4v) is 2.16. The average molecular weight is 267 g/mol. The van der Waals surface area contributed by atoms with Crippen molar-refractivity contribution in [3.05, 3.63) is 44.9 Å². The summed E-state index contributed by atoms with van der Waals surface area (Å²) in [4.78, 5) is 16.0. The third kappa shape index (κ3) is 2.46. The molecule has 5 nitrogen and oxygen atoms in total. The zero-order chi connectivity index (χ0) is 13.3. The minimum atomic E-state index is -0.144. The topological polar surface area (TPSA) is 52.7 Å². The summed E-state index contributed by atoms with van der Waals surface area (Å²) >= 11 is 5.75. The Balaban J connectivity index is 2.43. The van der Waals surface area contributed by atoms with Crippen LogP contribution in [0, 0.1) is 13.8 Å². The van der Waals surface area contributed by atoms with Crippen LogP contribution in [0.1, 0.15) is 24.1 Å². The zero-order valence-electron chi connectivity index (χ0n) is 10.6. The van der Waals surface area contributed by atoms with Gasteiger partial charge in [0.15, 0.2) is 0 Å². The second-order valence-corrected chi connectivity index (χ2v) is 4.53. The van der Waals surface area contributed by atoms with Crippen LogP contribution in [0.25, 0.3) is 0 Å².